The Morgan fingerprint density at radius 1 is 1.62 bits per heavy atom. The van der Waals surface area contributed by atoms with Crippen molar-refractivity contribution < 1.29 is 9.21 Å². The van der Waals surface area contributed by atoms with E-state index < -0.39 is 0 Å². The highest BCUT2D eigenvalue weighted by molar-refractivity contribution is 5.74. The minimum Gasteiger partial charge on any atom is -0.467 e. The highest BCUT2D eigenvalue weighted by Gasteiger charge is 2.22. The second kappa shape index (κ2) is 5.05. The molecule has 0 aromatic carbocycles. The van der Waals surface area contributed by atoms with Gasteiger partial charge in [-0.3, -0.25) is 0 Å². The number of hydrogen-bond donors (Lipinski definition) is 1. The van der Waals surface area contributed by atoms with Crippen LogP contribution in [0, 0.1) is 0 Å². The van der Waals surface area contributed by atoms with Crippen molar-refractivity contribution in [1.82, 2.24) is 10.2 Å². The summed E-state index contributed by atoms with van der Waals surface area (Å²) in [4.78, 5) is 13.6. The van der Waals surface area contributed by atoms with Gasteiger partial charge in [-0.2, -0.15) is 0 Å². The predicted octanol–water partition coefficient (Wildman–Crippen LogP) is 2.36. The predicted molar refractivity (Wildman–Crippen MR) is 61.0 cm³/mol. The van der Waals surface area contributed by atoms with E-state index in [4.69, 9.17) is 4.42 Å². The molecule has 1 N–H and O–H groups in total. The minimum atomic E-state index is 0.0172. The molecule has 4 heteroatoms. The standard InChI is InChI=1S/C12H18N2O2/c1-2-14(9-11-7-4-8-16-11)12(15)13-10-5-3-6-10/h4,7-8,10H,2-3,5-6,9H2,1H3,(H,13,15). The Balaban J connectivity index is 1.85. The smallest absolute Gasteiger partial charge is 0.318 e. The van der Waals surface area contributed by atoms with Crippen molar-refractivity contribution >= 4 is 6.03 Å². The van der Waals surface area contributed by atoms with E-state index in [9.17, 15) is 4.79 Å². The average Bonchev–Trinajstić information content (AvgIpc) is 2.72. The molecule has 1 aliphatic carbocycles. The van der Waals surface area contributed by atoms with Crippen molar-refractivity contribution in [2.75, 3.05) is 6.54 Å². The highest BCUT2D eigenvalue weighted by Crippen LogP contribution is 2.18. The fraction of sp³-hybridized carbons (Fsp3) is 0.583. The number of rotatable bonds is 4. The molecule has 1 saturated carbocycles. The molecule has 0 aliphatic heterocycles. The summed E-state index contributed by atoms with van der Waals surface area (Å²) in [6.07, 6.45) is 5.09. The lowest BCUT2D eigenvalue weighted by Crippen LogP contribution is -2.46. The van der Waals surface area contributed by atoms with E-state index >= 15 is 0 Å². The first-order valence-corrected chi connectivity index (χ1v) is 5.87. The number of amides is 2. The molecule has 0 unspecified atom stereocenters. The van der Waals surface area contributed by atoms with Gasteiger partial charge in [-0.15, -0.1) is 0 Å². The molecule has 2 amide bonds. The van der Waals surface area contributed by atoms with Crippen LogP contribution in [0.2, 0.25) is 0 Å². The van der Waals surface area contributed by atoms with E-state index in [0.29, 0.717) is 19.1 Å². The zero-order valence-corrected chi connectivity index (χ0v) is 9.61. The van der Waals surface area contributed by atoms with Crippen LogP contribution < -0.4 is 5.32 Å². The van der Waals surface area contributed by atoms with Gasteiger partial charge in [-0.1, -0.05) is 0 Å². The summed E-state index contributed by atoms with van der Waals surface area (Å²) in [6.45, 7) is 3.21. The van der Waals surface area contributed by atoms with Crippen LogP contribution in [0.1, 0.15) is 31.9 Å². The van der Waals surface area contributed by atoms with Crippen molar-refractivity contribution in [3.8, 4) is 0 Å². The third-order valence-corrected chi connectivity index (χ3v) is 3.03. The van der Waals surface area contributed by atoms with Crippen LogP contribution in [0.15, 0.2) is 22.8 Å². The van der Waals surface area contributed by atoms with E-state index in [1.165, 1.54) is 6.42 Å². The molecule has 4 nitrogen and oxygen atoms in total. The van der Waals surface area contributed by atoms with E-state index in [1.807, 2.05) is 19.1 Å². The second-order valence-electron chi connectivity index (χ2n) is 4.17. The minimum absolute atomic E-state index is 0.0172. The topological polar surface area (TPSA) is 45.5 Å². The third kappa shape index (κ3) is 2.56. The summed E-state index contributed by atoms with van der Waals surface area (Å²) in [5.41, 5.74) is 0. The van der Waals surface area contributed by atoms with Gasteiger partial charge in [0.05, 0.1) is 12.8 Å². The molecule has 1 aromatic heterocycles. The molecule has 0 saturated heterocycles. The van der Waals surface area contributed by atoms with Crippen LogP contribution in [0.5, 0.6) is 0 Å². The van der Waals surface area contributed by atoms with Crippen LogP contribution in [-0.2, 0) is 6.54 Å². The Morgan fingerprint density at radius 3 is 2.94 bits per heavy atom. The number of nitrogens with one attached hydrogen (secondary N) is 1. The largest absolute Gasteiger partial charge is 0.467 e. The number of carbonyl (C=O) groups is 1. The van der Waals surface area contributed by atoms with Gasteiger partial charge in [-0.25, -0.2) is 4.79 Å². The summed E-state index contributed by atoms with van der Waals surface area (Å²) < 4.78 is 5.24. The van der Waals surface area contributed by atoms with Crippen LogP contribution in [0.25, 0.3) is 0 Å². The molecular weight excluding hydrogens is 204 g/mol. The normalized spacial score (nSPS) is 15.6. The molecule has 0 atom stereocenters. The molecule has 1 aromatic rings. The molecule has 16 heavy (non-hydrogen) atoms. The van der Waals surface area contributed by atoms with Crippen LogP contribution in [0.3, 0.4) is 0 Å². The van der Waals surface area contributed by atoms with E-state index in [-0.39, 0.29) is 6.03 Å². The van der Waals surface area contributed by atoms with E-state index in [1.54, 1.807) is 11.2 Å². The first-order valence-electron chi connectivity index (χ1n) is 5.87. The number of urea groups is 1. The Bertz CT molecular complexity index is 331. The van der Waals surface area contributed by atoms with Gasteiger partial charge in [0, 0.05) is 12.6 Å². The summed E-state index contributed by atoms with van der Waals surface area (Å²) in [6, 6.07) is 4.13. The van der Waals surface area contributed by atoms with Gasteiger partial charge < -0.3 is 14.6 Å². The van der Waals surface area contributed by atoms with Crippen molar-refractivity contribution in [2.24, 2.45) is 0 Å². The average molecular weight is 222 g/mol. The monoisotopic (exact) mass is 222 g/mol. The Kier molecular flexibility index (Phi) is 3.49. The van der Waals surface area contributed by atoms with Crippen molar-refractivity contribution in [2.45, 2.75) is 38.8 Å². The fourth-order valence-corrected chi connectivity index (χ4v) is 1.74. The number of nitrogens with zero attached hydrogens (tertiary/aromatic N) is 1. The molecule has 0 bridgehead atoms. The molecule has 1 heterocycles. The molecular formula is C12H18N2O2. The van der Waals surface area contributed by atoms with Gasteiger partial charge in [-0.05, 0) is 38.3 Å². The first-order chi connectivity index (χ1) is 7.79. The summed E-state index contributed by atoms with van der Waals surface area (Å²) in [7, 11) is 0. The summed E-state index contributed by atoms with van der Waals surface area (Å²) >= 11 is 0. The number of furan rings is 1. The molecule has 88 valence electrons. The maximum Gasteiger partial charge on any atom is 0.318 e. The number of hydrogen-bond acceptors (Lipinski definition) is 2. The molecule has 0 radical (unpaired) electrons. The van der Waals surface area contributed by atoms with Crippen molar-refractivity contribution in [1.29, 1.82) is 0 Å². The van der Waals surface area contributed by atoms with Crippen molar-refractivity contribution in [3.05, 3.63) is 24.2 Å². The zero-order chi connectivity index (χ0) is 11.4. The lowest BCUT2D eigenvalue weighted by atomic mass is 9.93. The quantitative estimate of drug-likeness (QED) is 0.850. The van der Waals surface area contributed by atoms with Crippen LogP contribution >= 0.6 is 0 Å². The van der Waals surface area contributed by atoms with E-state index in [2.05, 4.69) is 5.32 Å². The van der Waals surface area contributed by atoms with Crippen LogP contribution in [0.4, 0.5) is 4.79 Å². The van der Waals surface area contributed by atoms with Gasteiger partial charge in [0.1, 0.15) is 5.76 Å². The lowest BCUT2D eigenvalue weighted by Gasteiger charge is -2.29. The third-order valence-electron chi connectivity index (χ3n) is 3.03. The summed E-state index contributed by atoms with van der Waals surface area (Å²) in [5, 5.41) is 3.03. The lowest BCUT2D eigenvalue weighted by molar-refractivity contribution is 0.182. The van der Waals surface area contributed by atoms with Gasteiger partial charge in [0.15, 0.2) is 0 Å². The molecule has 0 spiro atoms. The maximum atomic E-state index is 11.9. The Morgan fingerprint density at radius 2 is 2.44 bits per heavy atom. The van der Waals surface area contributed by atoms with Crippen LogP contribution in [-0.4, -0.2) is 23.5 Å². The van der Waals surface area contributed by atoms with Gasteiger partial charge >= 0.3 is 6.03 Å². The summed E-state index contributed by atoms with van der Waals surface area (Å²) in [5.74, 6) is 0.825. The fourth-order valence-electron chi connectivity index (χ4n) is 1.74. The Hall–Kier alpha value is -1.45. The SMILES string of the molecule is CCN(Cc1ccco1)C(=O)NC1CCC1. The highest BCUT2D eigenvalue weighted by atomic mass is 16.3. The second-order valence-corrected chi connectivity index (χ2v) is 4.17. The Labute approximate surface area is 95.6 Å². The van der Waals surface area contributed by atoms with Gasteiger partial charge in [0.2, 0.25) is 0 Å². The van der Waals surface area contributed by atoms with E-state index in [0.717, 1.165) is 18.6 Å². The molecule has 2 rings (SSSR count). The number of carbonyl (C=O) groups excluding carboxylic acids is 1. The molecule has 1 aliphatic rings. The first kappa shape index (κ1) is 11.0. The molecule has 1 fully saturated rings. The maximum absolute atomic E-state index is 11.9. The van der Waals surface area contributed by atoms with Gasteiger partial charge in [0.25, 0.3) is 0 Å². The zero-order valence-electron chi connectivity index (χ0n) is 9.61. The van der Waals surface area contributed by atoms with Crippen molar-refractivity contribution in [3.63, 3.8) is 0 Å².